The number of nitrogens with one attached hydrogen (secondary N) is 1. The lowest BCUT2D eigenvalue weighted by Gasteiger charge is -2.32. The van der Waals surface area contributed by atoms with Gasteiger partial charge < -0.3 is 14.6 Å². The lowest BCUT2D eigenvalue weighted by Crippen LogP contribution is -2.42. The quantitative estimate of drug-likeness (QED) is 0.814. The maximum absolute atomic E-state index is 5.40. The van der Waals surface area contributed by atoms with Crippen LogP contribution in [0.5, 0.6) is 0 Å². The molecule has 16 heavy (non-hydrogen) atoms. The van der Waals surface area contributed by atoms with Gasteiger partial charge in [0.25, 0.3) is 0 Å². The van der Waals surface area contributed by atoms with E-state index in [1.807, 2.05) is 13.1 Å². The molecule has 0 bridgehead atoms. The van der Waals surface area contributed by atoms with Gasteiger partial charge in [-0.2, -0.15) is 0 Å². The van der Waals surface area contributed by atoms with Gasteiger partial charge in [0.15, 0.2) is 5.76 Å². The second-order valence-electron chi connectivity index (χ2n) is 4.21. The minimum absolute atomic E-state index is 0.451. The Hall–Kier alpha value is -0.910. The number of ether oxygens (including phenoxy) is 1. The molecule has 0 saturated carbocycles. The number of morpholine rings is 1. The van der Waals surface area contributed by atoms with Crippen LogP contribution in [-0.4, -0.2) is 42.9 Å². The second kappa shape index (κ2) is 5.43. The van der Waals surface area contributed by atoms with E-state index in [0.717, 1.165) is 44.3 Å². The van der Waals surface area contributed by atoms with Gasteiger partial charge >= 0.3 is 0 Å². The first-order valence-corrected chi connectivity index (χ1v) is 5.70. The number of aromatic nitrogens is 1. The van der Waals surface area contributed by atoms with Gasteiger partial charge in [-0.15, -0.1) is 0 Å². The molecular formula is C11H19N3O2. The standard InChI is InChI=1S/C11H19N3O2/c1-9-8-15-4-3-14(9)7-11-5-10(6-12-2)13-16-11/h5,9,12H,3-4,6-8H2,1-2H3. The Labute approximate surface area is 95.7 Å². The summed E-state index contributed by atoms with van der Waals surface area (Å²) >= 11 is 0. The van der Waals surface area contributed by atoms with E-state index in [2.05, 4.69) is 22.3 Å². The molecule has 1 atom stereocenters. The van der Waals surface area contributed by atoms with Crippen molar-refractivity contribution in [2.24, 2.45) is 0 Å². The Morgan fingerprint density at radius 1 is 1.62 bits per heavy atom. The van der Waals surface area contributed by atoms with Crippen molar-refractivity contribution in [1.29, 1.82) is 0 Å². The fraction of sp³-hybridized carbons (Fsp3) is 0.727. The summed E-state index contributed by atoms with van der Waals surface area (Å²) in [5.41, 5.74) is 0.957. The SMILES string of the molecule is CNCc1cc(CN2CCOCC2C)on1. The van der Waals surface area contributed by atoms with Crippen molar-refractivity contribution in [3.05, 3.63) is 17.5 Å². The number of hydrogen-bond acceptors (Lipinski definition) is 5. The van der Waals surface area contributed by atoms with Crippen molar-refractivity contribution in [3.8, 4) is 0 Å². The van der Waals surface area contributed by atoms with Crippen molar-refractivity contribution in [1.82, 2.24) is 15.4 Å². The van der Waals surface area contributed by atoms with Crippen LogP contribution in [0, 0.1) is 0 Å². The fourth-order valence-corrected chi connectivity index (χ4v) is 1.89. The first kappa shape index (κ1) is 11.6. The summed E-state index contributed by atoms with van der Waals surface area (Å²) < 4.78 is 10.7. The fourth-order valence-electron chi connectivity index (χ4n) is 1.89. The van der Waals surface area contributed by atoms with Crippen LogP contribution in [0.3, 0.4) is 0 Å². The average Bonchev–Trinajstić information content (AvgIpc) is 2.70. The van der Waals surface area contributed by atoms with Crippen molar-refractivity contribution in [2.75, 3.05) is 26.8 Å². The summed E-state index contributed by atoms with van der Waals surface area (Å²) in [6.45, 7) is 6.32. The van der Waals surface area contributed by atoms with Crippen LogP contribution in [0.1, 0.15) is 18.4 Å². The Bertz CT molecular complexity index is 327. The Kier molecular flexibility index (Phi) is 3.93. The molecule has 1 fully saturated rings. The summed E-state index contributed by atoms with van der Waals surface area (Å²) in [6.07, 6.45) is 0. The first-order chi connectivity index (χ1) is 7.79. The highest BCUT2D eigenvalue weighted by atomic mass is 16.5. The Balaban J connectivity index is 1.91. The van der Waals surface area contributed by atoms with E-state index in [1.54, 1.807) is 0 Å². The zero-order valence-corrected chi connectivity index (χ0v) is 9.90. The van der Waals surface area contributed by atoms with Gasteiger partial charge in [-0.25, -0.2) is 0 Å². The molecule has 5 nitrogen and oxygen atoms in total. The zero-order valence-electron chi connectivity index (χ0n) is 9.90. The third-order valence-electron chi connectivity index (χ3n) is 2.83. The third kappa shape index (κ3) is 2.81. The molecule has 5 heteroatoms. The van der Waals surface area contributed by atoms with Crippen molar-refractivity contribution >= 4 is 0 Å². The summed E-state index contributed by atoms with van der Waals surface area (Å²) in [7, 11) is 1.90. The molecule has 0 aromatic carbocycles. The molecule has 1 aliphatic rings. The Morgan fingerprint density at radius 2 is 2.50 bits per heavy atom. The Morgan fingerprint density at radius 3 is 3.25 bits per heavy atom. The number of rotatable bonds is 4. The molecule has 2 heterocycles. The van der Waals surface area contributed by atoms with Crippen LogP contribution in [0.25, 0.3) is 0 Å². The van der Waals surface area contributed by atoms with Crippen molar-refractivity contribution < 1.29 is 9.26 Å². The van der Waals surface area contributed by atoms with Gasteiger partial charge in [-0.1, -0.05) is 5.16 Å². The van der Waals surface area contributed by atoms with E-state index in [9.17, 15) is 0 Å². The molecular weight excluding hydrogens is 206 g/mol. The molecule has 90 valence electrons. The smallest absolute Gasteiger partial charge is 0.151 e. The number of hydrogen-bond donors (Lipinski definition) is 1. The predicted octanol–water partition coefficient (Wildman–Crippen LogP) is 0.615. The van der Waals surface area contributed by atoms with E-state index in [1.165, 1.54) is 0 Å². The van der Waals surface area contributed by atoms with Gasteiger partial charge in [0.05, 0.1) is 25.5 Å². The third-order valence-corrected chi connectivity index (χ3v) is 2.83. The van der Waals surface area contributed by atoms with Gasteiger partial charge in [0.1, 0.15) is 0 Å². The molecule has 1 N–H and O–H groups in total. The van der Waals surface area contributed by atoms with E-state index < -0.39 is 0 Å². The summed E-state index contributed by atoms with van der Waals surface area (Å²) in [5, 5.41) is 7.05. The van der Waals surface area contributed by atoms with E-state index in [0.29, 0.717) is 6.04 Å². The molecule has 0 spiro atoms. The van der Waals surface area contributed by atoms with E-state index >= 15 is 0 Å². The molecule has 1 aliphatic heterocycles. The summed E-state index contributed by atoms with van der Waals surface area (Å²) in [4.78, 5) is 2.35. The van der Waals surface area contributed by atoms with E-state index in [4.69, 9.17) is 9.26 Å². The normalized spacial score (nSPS) is 22.5. The molecule has 2 rings (SSSR count). The van der Waals surface area contributed by atoms with Crippen LogP contribution in [-0.2, 0) is 17.8 Å². The van der Waals surface area contributed by atoms with Crippen molar-refractivity contribution in [3.63, 3.8) is 0 Å². The molecule has 0 aliphatic carbocycles. The topological polar surface area (TPSA) is 50.5 Å². The minimum atomic E-state index is 0.451. The molecule has 1 unspecified atom stereocenters. The van der Waals surface area contributed by atoms with E-state index in [-0.39, 0.29) is 0 Å². The van der Waals surface area contributed by atoms with Gasteiger partial charge in [-0.05, 0) is 14.0 Å². The minimum Gasteiger partial charge on any atom is -0.379 e. The predicted molar refractivity (Wildman–Crippen MR) is 60.0 cm³/mol. The lowest BCUT2D eigenvalue weighted by atomic mass is 10.2. The van der Waals surface area contributed by atoms with Crippen LogP contribution in [0.15, 0.2) is 10.6 Å². The maximum atomic E-state index is 5.40. The number of nitrogens with zero attached hydrogens (tertiary/aromatic N) is 2. The molecule has 1 aromatic rings. The van der Waals surface area contributed by atoms with Gasteiger partial charge in [0, 0.05) is 25.2 Å². The maximum Gasteiger partial charge on any atom is 0.151 e. The van der Waals surface area contributed by atoms with Gasteiger partial charge in [-0.3, -0.25) is 4.90 Å². The zero-order chi connectivity index (χ0) is 11.4. The van der Waals surface area contributed by atoms with Crippen LogP contribution < -0.4 is 5.32 Å². The van der Waals surface area contributed by atoms with Crippen LogP contribution >= 0.6 is 0 Å². The largest absolute Gasteiger partial charge is 0.379 e. The lowest BCUT2D eigenvalue weighted by molar-refractivity contribution is -0.00779. The highest BCUT2D eigenvalue weighted by Crippen LogP contribution is 2.12. The average molecular weight is 225 g/mol. The van der Waals surface area contributed by atoms with Crippen molar-refractivity contribution in [2.45, 2.75) is 26.1 Å². The summed E-state index contributed by atoms with van der Waals surface area (Å²) in [5.74, 6) is 0.930. The first-order valence-electron chi connectivity index (χ1n) is 5.70. The molecule has 1 saturated heterocycles. The van der Waals surface area contributed by atoms with Crippen LogP contribution in [0.2, 0.25) is 0 Å². The van der Waals surface area contributed by atoms with Crippen LogP contribution in [0.4, 0.5) is 0 Å². The highest BCUT2D eigenvalue weighted by molar-refractivity contribution is 5.05. The molecule has 0 radical (unpaired) electrons. The molecule has 1 aromatic heterocycles. The highest BCUT2D eigenvalue weighted by Gasteiger charge is 2.20. The summed E-state index contributed by atoms with van der Waals surface area (Å²) in [6, 6.07) is 2.46. The molecule has 0 amide bonds. The monoisotopic (exact) mass is 225 g/mol. The second-order valence-corrected chi connectivity index (χ2v) is 4.21. The van der Waals surface area contributed by atoms with Gasteiger partial charge in [0.2, 0.25) is 0 Å².